The Kier molecular flexibility index (Phi) is 2.17. The molecule has 0 saturated heterocycles. The van der Waals surface area contributed by atoms with Gasteiger partial charge in [0.1, 0.15) is 6.33 Å². The van der Waals surface area contributed by atoms with Crippen LogP contribution in [0.1, 0.15) is 0 Å². The molecule has 0 aromatic carbocycles. The zero-order valence-corrected chi connectivity index (χ0v) is 6.11. The minimum absolute atomic E-state index is 0.0488. The second-order valence-corrected chi connectivity index (χ2v) is 1.96. The minimum Gasteiger partial charge on any atom is -0.322 e. The van der Waals surface area contributed by atoms with Crippen LogP contribution >= 0.6 is 0 Å². The van der Waals surface area contributed by atoms with Gasteiger partial charge in [-0.05, 0) is 0 Å². The molecule has 0 aliphatic carbocycles. The normalized spacial score (nSPS) is 9.64. The van der Waals surface area contributed by atoms with Crippen LogP contribution in [0.3, 0.4) is 0 Å². The first-order valence-corrected chi connectivity index (χ1v) is 3.08. The summed E-state index contributed by atoms with van der Waals surface area (Å²) in [6.45, 7) is -0.0488. The average molecular weight is 155 g/mol. The number of carbonyl (C=O) groups is 1. The van der Waals surface area contributed by atoms with Crippen molar-refractivity contribution in [3.05, 3.63) is 6.33 Å². The second kappa shape index (κ2) is 3.11. The topological polar surface area (TPSA) is 85.8 Å². The van der Waals surface area contributed by atoms with Gasteiger partial charge in [0, 0.05) is 7.05 Å². The summed E-state index contributed by atoms with van der Waals surface area (Å²) in [5.41, 5.74) is 5.07. The fraction of sp³-hybridized carbons (Fsp3) is 0.400. The highest BCUT2D eigenvalue weighted by molar-refractivity contribution is 5.90. The molecule has 0 aliphatic heterocycles. The van der Waals surface area contributed by atoms with E-state index in [-0.39, 0.29) is 12.5 Å². The molecule has 0 aliphatic rings. The molecule has 0 bridgehead atoms. The lowest BCUT2D eigenvalue weighted by molar-refractivity contribution is -0.115. The molecule has 6 nitrogen and oxygen atoms in total. The quantitative estimate of drug-likeness (QED) is 0.556. The van der Waals surface area contributed by atoms with Gasteiger partial charge in [-0.2, -0.15) is 10.1 Å². The molecule has 11 heavy (non-hydrogen) atoms. The van der Waals surface area contributed by atoms with E-state index in [4.69, 9.17) is 5.73 Å². The maximum Gasteiger partial charge on any atom is 0.240 e. The van der Waals surface area contributed by atoms with Crippen LogP contribution in [0.2, 0.25) is 0 Å². The van der Waals surface area contributed by atoms with Crippen molar-refractivity contribution in [2.24, 2.45) is 12.8 Å². The fourth-order valence-corrected chi connectivity index (χ4v) is 0.585. The Morgan fingerprint density at radius 3 is 3.09 bits per heavy atom. The summed E-state index contributed by atoms with van der Waals surface area (Å²) in [5, 5.41) is 6.22. The third-order valence-electron chi connectivity index (χ3n) is 1.15. The number of rotatable bonds is 2. The maximum atomic E-state index is 10.7. The molecule has 1 aromatic rings. The van der Waals surface area contributed by atoms with Gasteiger partial charge < -0.3 is 5.73 Å². The van der Waals surface area contributed by atoms with E-state index in [9.17, 15) is 4.79 Å². The van der Waals surface area contributed by atoms with Crippen LogP contribution in [0.15, 0.2) is 6.33 Å². The molecule has 0 atom stereocenters. The van der Waals surface area contributed by atoms with Gasteiger partial charge in [0.05, 0.1) is 6.54 Å². The van der Waals surface area contributed by atoms with E-state index >= 15 is 0 Å². The number of hydrogen-bond donors (Lipinski definition) is 2. The van der Waals surface area contributed by atoms with Crippen molar-refractivity contribution < 1.29 is 4.79 Å². The number of nitrogens with one attached hydrogen (secondary N) is 1. The maximum absolute atomic E-state index is 10.7. The third kappa shape index (κ3) is 1.74. The molecular formula is C5H9N5O. The van der Waals surface area contributed by atoms with Crippen molar-refractivity contribution in [3.8, 4) is 0 Å². The molecule has 3 N–H and O–H groups in total. The number of hydrogen-bond acceptors (Lipinski definition) is 4. The highest BCUT2D eigenvalue weighted by Gasteiger charge is 2.02. The number of amides is 1. The van der Waals surface area contributed by atoms with E-state index in [1.807, 2.05) is 0 Å². The van der Waals surface area contributed by atoms with Gasteiger partial charge in [-0.15, -0.1) is 0 Å². The summed E-state index contributed by atoms with van der Waals surface area (Å²) in [6.07, 6.45) is 1.35. The average Bonchev–Trinajstić information content (AvgIpc) is 2.37. The van der Waals surface area contributed by atoms with Gasteiger partial charge in [0.2, 0.25) is 11.9 Å². The van der Waals surface area contributed by atoms with Crippen molar-refractivity contribution in [1.29, 1.82) is 0 Å². The summed E-state index contributed by atoms with van der Waals surface area (Å²) in [7, 11) is 1.68. The van der Waals surface area contributed by atoms with Crippen molar-refractivity contribution in [3.63, 3.8) is 0 Å². The van der Waals surface area contributed by atoms with Crippen LogP contribution in [0, 0.1) is 0 Å². The molecule has 0 spiro atoms. The molecule has 0 radical (unpaired) electrons. The van der Waals surface area contributed by atoms with E-state index < -0.39 is 0 Å². The molecule has 1 rings (SSSR count). The van der Waals surface area contributed by atoms with Gasteiger partial charge in [0.15, 0.2) is 0 Å². The number of nitrogens with zero attached hydrogens (tertiary/aromatic N) is 3. The number of anilines is 1. The SMILES string of the molecule is Cn1ncnc1NC(=O)CN. The van der Waals surface area contributed by atoms with Crippen molar-refractivity contribution in [1.82, 2.24) is 14.8 Å². The Morgan fingerprint density at radius 2 is 2.64 bits per heavy atom. The van der Waals surface area contributed by atoms with E-state index in [1.165, 1.54) is 11.0 Å². The van der Waals surface area contributed by atoms with E-state index in [2.05, 4.69) is 15.4 Å². The summed E-state index contributed by atoms with van der Waals surface area (Å²) in [4.78, 5) is 14.5. The van der Waals surface area contributed by atoms with Crippen LogP contribution in [-0.4, -0.2) is 27.2 Å². The Morgan fingerprint density at radius 1 is 1.91 bits per heavy atom. The molecule has 1 aromatic heterocycles. The highest BCUT2D eigenvalue weighted by Crippen LogP contribution is 1.95. The van der Waals surface area contributed by atoms with Crippen molar-refractivity contribution in [2.45, 2.75) is 0 Å². The van der Waals surface area contributed by atoms with Crippen LogP contribution in [0.25, 0.3) is 0 Å². The molecular weight excluding hydrogens is 146 g/mol. The number of aryl methyl sites for hydroxylation is 1. The van der Waals surface area contributed by atoms with Gasteiger partial charge >= 0.3 is 0 Å². The molecule has 0 fully saturated rings. The predicted octanol–water partition coefficient (Wildman–Crippen LogP) is -1.29. The number of carbonyl (C=O) groups excluding carboxylic acids is 1. The first-order valence-electron chi connectivity index (χ1n) is 3.08. The van der Waals surface area contributed by atoms with Crippen LogP contribution in [0.5, 0.6) is 0 Å². The lowest BCUT2D eigenvalue weighted by atomic mass is 10.6. The highest BCUT2D eigenvalue weighted by atomic mass is 16.2. The zero-order valence-electron chi connectivity index (χ0n) is 6.11. The number of nitrogens with two attached hydrogens (primary N) is 1. The summed E-state index contributed by atoms with van der Waals surface area (Å²) >= 11 is 0. The minimum atomic E-state index is -0.277. The zero-order chi connectivity index (χ0) is 8.27. The van der Waals surface area contributed by atoms with Gasteiger partial charge in [-0.25, -0.2) is 4.68 Å². The largest absolute Gasteiger partial charge is 0.322 e. The van der Waals surface area contributed by atoms with Crippen molar-refractivity contribution in [2.75, 3.05) is 11.9 Å². The first-order chi connectivity index (χ1) is 5.24. The Labute approximate surface area is 63.4 Å². The molecule has 1 heterocycles. The lowest BCUT2D eigenvalue weighted by Crippen LogP contribution is -2.23. The lowest BCUT2D eigenvalue weighted by Gasteiger charge is -1.99. The second-order valence-electron chi connectivity index (χ2n) is 1.96. The van der Waals surface area contributed by atoms with E-state index in [0.717, 1.165) is 0 Å². The van der Waals surface area contributed by atoms with Crippen LogP contribution < -0.4 is 11.1 Å². The smallest absolute Gasteiger partial charge is 0.240 e. The molecule has 6 heteroatoms. The summed E-state index contributed by atoms with van der Waals surface area (Å²) in [5.74, 6) is 0.126. The summed E-state index contributed by atoms with van der Waals surface area (Å²) < 4.78 is 1.45. The predicted molar refractivity (Wildman–Crippen MR) is 38.7 cm³/mol. The molecule has 60 valence electrons. The standard InChI is InChI=1S/C5H9N5O/c1-10-5(7-3-8-10)9-4(11)2-6/h3H,2,6H2,1H3,(H,7,8,9,11). The van der Waals surface area contributed by atoms with Crippen molar-refractivity contribution >= 4 is 11.9 Å². The third-order valence-corrected chi connectivity index (χ3v) is 1.15. The summed E-state index contributed by atoms with van der Waals surface area (Å²) in [6, 6.07) is 0. The molecule has 1 amide bonds. The first kappa shape index (κ1) is 7.67. The number of aromatic nitrogens is 3. The van der Waals surface area contributed by atoms with Crippen LogP contribution in [0.4, 0.5) is 5.95 Å². The Balaban J connectivity index is 2.64. The Hall–Kier alpha value is -1.43. The van der Waals surface area contributed by atoms with E-state index in [0.29, 0.717) is 5.95 Å². The van der Waals surface area contributed by atoms with Crippen LogP contribution in [-0.2, 0) is 11.8 Å². The monoisotopic (exact) mass is 155 g/mol. The Bertz CT molecular complexity index is 255. The molecule has 0 unspecified atom stereocenters. The van der Waals surface area contributed by atoms with Gasteiger partial charge in [0.25, 0.3) is 0 Å². The fourth-order valence-electron chi connectivity index (χ4n) is 0.585. The molecule has 0 saturated carbocycles. The van der Waals surface area contributed by atoms with Gasteiger partial charge in [-0.3, -0.25) is 10.1 Å². The van der Waals surface area contributed by atoms with E-state index in [1.54, 1.807) is 7.05 Å². The van der Waals surface area contributed by atoms with Gasteiger partial charge in [-0.1, -0.05) is 0 Å².